The maximum absolute atomic E-state index is 11.6. The zero-order valence-electron chi connectivity index (χ0n) is 9.35. The average molecular weight is 236 g/mol. The lowest BCUT2D eigenvalue weighted by Gasteiger charge is -2.12. The first-order chi connectivity index (χ1) is 8.11. The second-order valence-electron chi connectivity index (χ2n) is 3.47. The van der Waals surface area contributed by atoms with Gasteiger partial charge in [0.15, 0.2) is 0 Å². The summed E-state index contributed by atoms with van der Waals surface area (Å²) in [5.41, 5.74) is 11.4. The molecule has 17 heavy (non-hydrogen) atoms. The van der Waals surface area contributed by atoms with Crippen LogP contribution < -0.4 is 22.1 Å². The minimum absolute atomic E-state index is 0.280. The van der Waals surface area contributed by atoms with E-state index in [-0.39, 0.29) is 12.5 Å². The fourth-order valence-corrected chi connectivity index (χ4v) is 1.29. The van der Waals surface area contributed by atoms with Crippen LogP contribution in [-0.4, -0.2) is 25.0 Å². The summed E-state index contributed by atoms with van der Waals surface area (Å²) in [6.07, 6.45) is 0. The van der Waals surface area contributed by atoms with Crippen molar-refractivity contribution >= 4 is 11.9 Å². The van der Waals surface area contributed by atoms with Gasteiger partial charge in [0.1, 0.15) is 6.04 Å². The number of rotatable bonds is 5. The van der Waals surface area contributed by atoms with Gasteiger partial charge in [-0.15, -0.1) is 0 Å². The molecule has 1 atom stereocenters. The van der Waals surface area contributed by atoms with Crippen LogP contribution in [0.3, 0.4) is 0 Å². The Hall–Kier alpha value is -2.08. The van der Waals surface area contributed by atoms with Crippen molar-refractivity contribution in [2.45, 2.75) is 6.04 Å². The van der Waals surface area contributed by atoms with Gasteiger partial charge in [-0.2, -0.15) is 0 Å². The van der Waals surface area contributed by atoms with E-state index in [2.05, 4.69) is 10.6 Å². The van der Waals surface area contributed by atoms with Crippen molar-refractivity contribution in [2.24, 2.45) is 11.5 Å². The topological polar surface area (TPSA) is 110 Å². The van der Waals surface area contributed by atoms with Crippen LogP contribution in [0.25, 0.3) is 0 Å². The van der Waals surface area contributed by atoms with E-state index in [1.54, 1.807) is 12.1 Å². The number of primary amides is 1. The third-order valence-corrected chi connectivity index (χ3v) is 2.16. The van der Waals surface area contributed by atoms with Gasteiger partial charge in [-0.3, -0.25) is 4.79 Å². The lowest BCUT2D eigenvalue weighted by Crippen LogP contribution is -2.40. The van der Waals surface area contributed by atoms with E-state index in [0.717, 1.165) is 5.56 Å². The molecule has 0 bridgehead atoms. The lowest BCUT2D eigenvalue weighted by molar-refractivity contribution is -0.122. The van der Waals surface area contributed by atoms with Crippen LogP contribution in [-0.2, 0) is 4.79 Å². The first-order valence-corrected chi connectivity index (χ1v) is 5.23. The molecule has 3 amide bonds. The molecule has 0 unspecified atom stereocenters. The summed E-state index contributed by atoms with van der Waals surface area (Å²) < 4.78 is 0. The summed E-state index contributed by atoms with van der Waals surface area (Å²) in [5, 5.41) is 4.96. The van der Waals surface area contributed by atoms with E-state index in [0.29, 0.717) is 6.54 Å². The Morgan fingerprint density at radius 1 is 1.12 bits per heavy atom. The van der Waals surface area contributed by atoms with Gasteiger partial charge in [-0.25, -0.2) is 4.79 Å². The molecule has 6 nitrogen and oxygen atoms in total. The molecule has 1 rings (SSSR count). The number of hydrogen-bond donors (Lipinski definition) is 4. The van der Waals surface area contributed by atoms with E-state index in [1.807, 2.05) is 18.2 Å². The van der Waals surface area contributed by atoms with Crippen LogP contribution in [0.4, 0.5) is 4.79 Å². The van der Waals surface area contributed by atoms with Gasteiger partial charge in [-0.05, 0) is 5.56 Å². The fourth-order valence-electron chi connectivity index (χ4n) is 1.29. The predicted octanol–water partition coefficient (Wildman–Crippen LogP) is -0.529. The molecular weight excluding hydrogens is 220 g/mol. The lowest BCUT2D eigenvalue weighted by atomic mass is 10.1. The number of nitrogens with one attached hydrogen (secondary N) is 2. The highest BCUT2D eigenvalue weighted by atomic mass is 16.2. The maximum Gasteiger partial charge on any atom is 0.312 e. The van der Waals surface area contributed by atoms with Crippen molar-refractivity contribution in [1.29, 1.82) is 0 Å². The summed E-state index contributed by atoms with van der Waals surface area (Å²) in [6.45, 7) is 0.574. The summed E-state index contributed by atoms with van der Waals surface area (Å²) in [4.78, 5) is 22.0. The van der Waals surface area contributed by atoms with Crippen LogP contribution in [0.5, 0.6) is 0 Å². The summed E-state index contributed by atoms with van der Waals surface area (Å²) >= 11 is 0. The Balaban J connectivity index is 2.35. The van der Waals surface area contributed by atoms with Crippen LogP contribution in [0.2, 0.25) is 0 Å². The van der Waals surface area contributed by atoms with Crippen molar-refractivity contribution in [3.8, 4) is 0 Å². The average Bonchev–Trinajstić information content (AvgIpc) is 2.34. The molecule has 0 spiro atoms. The van der Waals surface area contributed by atoms with E-state index >= 15 is 0 Å². The zero-order valence-corrected chi connectivity index (χ0v) is 9.35. The van der Waals surface area contributed by atoms with Crippen molar-refractivity contribution in [2.75, 3.05) is 13.1 Å². The highest BCUT2D eigenvalue weighted by molar-refractivity contribution is 5.82. The SMILES string of the molecule is NC(=O)NCCNC(=O)[C@H](N)c1ccccc1. The molecule has 0 saturated carbocycles. The molecule has 0 heterocycles. The second-order valence-corrected chi connectivity index (χ2v) is 3.47. The van der Waals surface area contributed by atoms with Crippen LogP contribution in [0.15, 0.2) is 30.3 Å². The number of carbonyl (C=O) groups is 2. The molecule has 0 aliphatic carbocycles. The molecule has 0 radical (unpaired) electrons. The highest BCUT2D eigenvalue weighted by Gasteiger charge is 2.14. The first-order valence-electron chi connectivity index (χ1n) is 5.23. The molecule has 6 heteroatoms. The number of hydrogen-bond acceptors (Lipinski definition) is 3. The molecule has 0 fully saturated rings. The summed E-state index contributed by atoms with van der Waals surface area (Å²) in [5.74, 6) is -0.289. The van der Waals surface area contributed by atoms with E-state index in [9.17, 15) is 9.59 Å². The fraction of sp³-hybridized carbons (Fsp3) is 0.273. The summed E-state index contributed by atoms with van der Waals surface area (Å²) in [6, 6.07) is 7.73. The Morgan fingerprint density at radius 2 is 1.71 bits per heavy atom. The van der Waals surface area contributed by atoms with E-state index in [4.69, 9.17) is 11.5 Å². The van der Waals surface area contributed by atoms with Gasteiger partial charge in [0.25, 0.3) is 0 Å². The van der Waals surface area contributed by atoms with Crippen molar-refractivity contribution in [3.05, 3.63) is 35.9 Å². The number of urea groups is 1. The van der Waals surface area contributed by atoms with Gasteiger partial charge in [0.2, 0.25) is 5.91 Å². The van der Waals surface area contributed by atoms with Crippen LogP contribution in [0.1, 0.15) is 11.6 Å². The second kappa shape index (κ2) is 6.49. The van der Waals surface area contributed by atoms with Gasteiger partial charge in [0, 0.05) is 13.1 Å². The Morgan fingerprint density at radius 3 is 2.29 bits per heavy atom. The van der Waals surface area contributed by atoms with Gasteiger partial charge < -0.3 is 22.1 Å². The Bertz CT molecular complexity index is 380. The predicted molar refractivity (Wildman–Crippen MR) is 64.0 cm³/mol. The minimum Gasteiger partial charge on any atom is -0.353 e. The molecule has 0 aromatic heterocycles. The quantitative estimate of drug-likeness (QED) is 0.516. The Labute approximate surface area is 99.4 Å². The number of carbonyl (C=O) groups excluding carboxylic acids is 2. The highest BCUT2D eigenvalue weighted by Crippen LogP contribution is 2.08. The van der Waals surface area contributed by atoms with Crippen LogP contribution >= 0.6 is 0 Å². The van der Waals surface area contributed by atoms with Gasteiger partial charge >= 0.3 is 6.03 Å². The minimum atomic E-state index is -0.704. The largest absolute Gasteiger partial charge is 0.353 e. The number of amides is 3. The van der Waals surface area contributed by atoms with Crippen molar-refractivity contribution < 1.29 is 9.59 Å². The van der Waals surface area contributed by atoms with Crippen molar-refractivity contribution in [3.63, 3.8) is 0 Å². The number of nitrogens with two attached hydrogens (primary N) is 2. The van der Waals surface area contributed by atoms with Crippen LogP contribution in [0, 0.1) is 0 Å². The molecule has 0 aliphatic heterocycles. The van der Waals surface area contributed by atoms with Crippen molar-refractivity contribution in [1.82, 2.24) is 10.6 Å². The zero-order chi connectivity index (χ0) is 12.7. The first kappa shape index (κ1) is 13.0. The number of benzene rings is 1. The smallest absolute Gasteiger partial charge is 0.312 e. The molecule has 1 aromatic rings. The molecule has 1 aromatic carbocycles. The van der Waals surface area contributed by atoms with Gasteiger partial charge in [0.05, 0.1) is 0 Å². The van der Waals surface area contributed by atoms with Gasteiger partial charge in [-0.1, -0.05) is 30.3 Å². The third kappa shape index (κ3) is 4.52. The maximum atomic E-state index is 11.6. The summed E-state index contributed by atoms with van der Waals surface area (Å²) in [7, 11) is 0. The molecule has 0 saturated heterocycles. The molecule has 92 valence electrons. The standard InChI is InChI=1S/C11H16N4O2/c12-9(8-4-2-1-3-5-8)10(16)14-6-7-15-11(13)17/h1-5,9H,6-7,12H2,(H,14,16)(H3,13,15,17)/t9-/m1/s1. The molecular formula is C11H16N4O2. The molecule has 6 N–H and O–H groups in total. The monoisotopic (exact) mass is 236 g/mol. The van der Waals surface area contributed by atoms with E-state index < -0.39 is 12.1 Å². The normalized spacial score (nSPS) is 11.6. The molecule has 0 aliphatic rings. The van der Waals surface area contributed by atoms with E-state index in [1.165, 1.54) is 0 Å². The Kier molecular flexibility index (Phi) is 4.96. The third-order valence-electron chi connectivity index (χ3n) is 2.16.